The Balaban J connectivity index is 1.58. The fourth-order valence-corrected chi connectivity index (χ4v) is 4.71. The molecule has 0 fully saturated rings. The number of nitrogens with one attached hydrogen (secondary N) is 1. The summed E-state index contributed by atoms with van der Waals surface area (Å²) in [6.07, 6.45) is 0.591. The van der Waals surface area contributed by atoms with Crippen LogP contribution in [-0.4, -0.2) is 35.1 Å². The Hall–Kier alpha value is -3.52. The van der Waals surface area contributed by atoms with Crippen LogP contribution < -0.4 is 19.1 Å². The van der Waals surface area contributed by atoms with Gasteiger partial charge in [-0.3, -0.25) is 9.52 Å². The summed E-state index contributed by atoms with van der Waals surface area (Å²) in [5.41, 5.74) is 2.51. The van der Waals surface area contributed by atoms with Crippen molar-refractivity contribution in [2.75, 3.05) is 30.4 Å². The summed E-state index contributed by atoms with van der Waals surface area (Å²) in [5, 5.41) is 0. The van der Waals surface area contributed by atoms with Crippen LogP contribution in [-0.2, 0) is 16.4 Å². The van der Waals surface area contributed by atoms with Gasteiger partial charge in [0.15, 0.2) is 11.5 Å². The van der Waals surface area contributed by atoms with E-state index >= 15 is 0 Å². The molecular formula is C23H22N2O5S. The van der Waals surface area contributed by atoms with E-state index in [4.69, 9.17) is 9.47 Å². The molecule has 0 atom stereocenters. The predicted molar refractivity (Wildman–Crippen MR) is 119 cm³/mol. The maximum atomic E-state index is 12.9. The molecule has 8 heteroatoms. The van der Waals surface area contributed by atoms with Crippen LogP contribution in [0.4, 0.5) is 11.4 Å². The third kappa shape index (κ3) is 4.06. The molecule has 0 radical (unpaired) electrons. The Kier molecular flexibility index (Phi) is 5.56. The summed E-state index contributed by atoms with van der Waals surface area (Å²) in [5.74, 6) is 0.830. The molecule has 1 heterocycles. The molecule has 0 aromatic heterocycles. The van der Waals surface area contributed by atoms with Crippen molar-refractivity contribution in [1.82, 2.24) is 0 Å². The molecule has 31 heavy (non-hydrogen) atoms. The highest BCUT2D eigenvalue weighted by atomic mass is 32.2. The highest BCUT2D eigenvalue weighted by molar-refractivity contribution is 7.92. The number of ether oxygens (including phenoxy) is 2. The summed E-state index contributed by atoms with van der Waals surface area (Å²) >= 11 is 0. The van der Waals surface area contributed by atoms with E-state index in [1.54, 1.807) is 47.4 Å². The van der Waals surface area contributed by atoms with Crippen molar-refractivity contribution in [3.63, 3.8) is 0 Å². The van der Waals surface area contributed by atoms with Gasteiger partial charge in [-0.25, -0.2) is 8.42 Å². The van der Waals surface area contributed by atoms with Crippen molar-refractivity contribution in [2.24, 2.45) is 0 Å². The van der Waals surface area contributed by atoms with Crippen molar-refractivity contribution < 1.29 is 22.7 Å². The van der Waals surface area contributed by atoms with Crippen LogP contribution in [0.1, 0.15) is 15.9 Å². The lowest BCUT2D eigenvalue weighted by atomic mass is 10.1. The molecule has 1 aliphatic heterocycles. The second kappa shape index (κ2) is 8.31. The first kappa shape index (κ1) is 20.7. The maximum absolute atomic E-state index is 12.9. The molecule has 7 nitrogen and oxygen atoms in total. The number of carbonyl (C=O) groups is 1. The SMILES string of the molecule is COc1ccc(NS(=O)(=O)c2ccc3c(c2)CCN3C(=O)c2ccccc2)cc1OC. The second-order valence-corrected chi connectivity index (χ2v) is 8.72. The highest BCUT2D eigenvalue weighted by Crippen LogP contribution is 2.33. The van der Waals surface area contributed by atoms with E-state index in [9.17, 15) is 13.2 Å². The van der Waals surface area contributed by atoms with E-state index in [1.807, 2.05) is 18.2 Å². The van der Waals surface area contributed by atoms with E-state index < -0.39 is 10.0 Å². The zero-order chi connectivity index (χ0) is 22.0. The Bertz CT molecular complexity index is 1230. The van der Waals surface area contributed by atoms with Crippen LogP contribution in [0.2, 0.25) is 0 Å². The summed E-state index contributed by atoms with van der Waals surface area (Å²) < 4.78 is 38.8. The number of fused-ring (bicyclic) bond motifs is 1. The van der Waals surface area contributed by atoms with E-state index in [0.29, 0.717) is 35.7 Å². The molecular weight excluding hydrogens is 416 g/mol. The van der Waals surface area contributed by atoms with Gasteiger partial charge in [0.2, 0.25) is 0 Å². The van der Waals surface area contributed by atoms with Crippen molar-refractivity contribution in [1.29, 1.82) is 0 Å². The van der Waals surface area contributed by atoms with Crippen molar-refractivity contribution in [3.8, 4) is 11.5 Å². The zero-order valence-corrected chi connectivity index (χ0v) is 18.0. The topological polar surface area (TPSA) is 84.9 Å². The molecule has 3 aromatic rings. The zero-order valence-electron chi connectivity index (χ0n) is 17.2. The number of benzene rings is 3. The number of hydrogen-bond donors (Lipinski definition) is 1. The molecule has 3 aromatic carbocycles. The number of methoxy groups -OCH3 is 2. The minimum atomic E-state index is -3.82. The van der Waals surface area contributed by atoms with Crippen molar-refractivity contribution in [2.45, 2.75) is 11.3 Å². The molecule has 0 unspecified atom stereocenters. The van der Waals surface area contributed by atoms with Crippen LogP contribution in [0.3, 0.4) is 0 Å². The average molecular weight is 439 g/mol. The fraction of sp³-hybridized carbons (Fsp3) is 0.174. The van der Waals surface area contributed by atoms with Gasteiger partial charge in [-0.1, -0.05) is 18.2 Å². The van der Waals surface area contributed by atoms with Crippen LogP contribution in [0, 0.1) is 0 Å². The Morgan fingerprint density at radius 2 is 1.68 bits per heavy atom. The smallest absolute Gasteiger partial charge is 0.261 e. The largest absolute Gasteiger partial charge is 0.493 e. The van der Waals surface area contributed by atoms with E-state index in [0.717, 1.165) is 11.3 Å². The number of nitrogens with zero attached hydrogens (tertiary/aromatic N) is 1. The molecule has 4 rings (SSSR count). The first-order valence-electron chi connectivity index (χ1n) is 9.67. The number of hydrogen-bond acceptors (Lipinski definition) is 5. The number of rotatable bonds is 6. The molecule has 0 aliphatic carbocycles. The lowest BCUT2D eigenvalue weighted by Crippen LogP contribution is -2.28. The monoisotopic (exact) mass is 438 g/mol. The molecule has 1 amide bonds. The van der Waals surface area contributed by atoms with Gasteiger partial charge in [-0.15, -0.1) is 0 Å². The second-order valence-electron chi connectivity index (χ2n) is 7.04. The summed E-state index contributed by atoms with van der Waals surface area (Å²) in [4.78, 5) is 14.6. The number of carbonyl (C=O) groups excluding carboxylic acids is 1. The third-order valence-corrected chi connectivity index (χ3v) is 6.54. The molecule has 0 spiro atoms. The lowest BCUT2D eigenvalue weighted by Gasteiger charge is -2.18. The number of amides is 1. The number of sulfonamides is 1. The standard InChI is InChI=1S/C23H22N2O5S/c1-29-21-11-8-18(15-22(21)30-2)24-31(27,28)19-9-10-20-17(14-19)12-13-25(20)23(26)16-6-4-3-5-7-16/h3-11,14-15,24H,12-13H2,1-2H3. The molecule has 1 N–H and O–H groups in total. The minimum Gasteiger partial charge on any atom is -0.493 e. The maximum Gasteiger partial charge on any atom is 0.261 e. The van der Waals surface area contributed by atoms with Gasteiger partial charge in [0, 0.05) is 23.9 Å². The van der Waals surface area contributed by atoms with Crippen LogP contribution in [0.15, 0.2) is 71.6 Å². The van der Waals surface area contributed by atoms with Crippen LogP contribution in [0.5, 0.6) is 11.5 Å². The molecule has 0 bridgehead atoms. The van der Waals surface area contributed by atoms with E-state index in [-0.39, 0.29) is 10.8 Å². The van der Waals surface area contributed by atoms with Crippen molar-refractivity contribution >= 4 is 27.3 Å². The van der Waals surface area contributed by atoms with Gasteiger partial charge < -0.3 is 14.4 Å². The van der Waals surface area contributed by atoms with Crippen LogP contribution >= 0.6 is 0 Å². The van der Waals surface area contributed by atoms with Gasteiger partial charge in [0.25, 0.3) is 15.9 Å². The Morgan fingerprint density at radius 3 is 2.39 bits per heavy atom. The average Bonchev–Trinajstić information content (AvgIpc) is 3.22. The number of anilines is 2. The summed E-state index contributed by atoms with van der Waals surface area (Å²) in [7, 11) is -0.822. The quantitative estimate of drug-likeness (QED) is 0.634. The molecule has 160 valence electrons. The van der Waals surface area contributed by atoms with Gasteiger partial charge in [0.1, 0.15) is 0 Å². The third-order valence-electron chi connectivity index (χ3n) is 5.16. The summed E-state index contributed by atoms with van der Waals surface area (Å²) in [6, 6.07) is 18.7. The predicted octanol–water partition coefficient (Wildman–Crippen LogP) is 3.71. The first-order chi connectivity index (χ1) is 14.9. The minimum absolute atomic E-state index is 0.0987. The summed E-state index contributed by atoms with van der Waals surface area (Å²) in [6.45, 7) is 0.510. The van der Waals surface area contributed by atoms with Crippen molar-refractivity contribution in [3.05, 3.63) is 77.9 Å². The molecule has 0 saturated heterocycles. The van der Waals surface area contributed by atoms with E-state index in [2.05, 4.69) is 4.72 Å². The van der Waals surface area contributed by atoms with E-state index in [1.165, 1.54) is 20.3 Å². The normalized spacial score (nSPS) is 12.9. The lowest BCUT2D eigenvalue weighted by molar-refractivity contribution is 0.0989. The Labute approximate surface area is 181 Å². The highest BCUT2D eigenvalue weighted by Gasteiger charge is 2.27. The van der Waals surface area contributed by atoms with Gasteiger partial charge in [0.05, 0.1) is 24.8 Å². The van der Waals surface area contributed by atoms with Gasteiger partial charge >= 0.3 is 0 Å². The van der Waals surface area contributed by atoms with Gasteiger partial charge in [-0.2, -0.15) is 0 Å². The fourth-order valence-electron chi connectivity index (χ4n) is 3.61. The first-order valence-corrected chi connectivity index (χ1v) is 11.2. The molecule has 0 saturated carbocycles. The molecule has 1 aliphatic rings. The van der Waals surface area contributed by atoms with Crippen LogP contribution in [0.25, 0.3) is 0 Å². The Morgan fingerprint density at radius 1 is 0.935 bits per heavy atom. The van der Waals surface area contributed by atoms with Gasteiger partial charge in [-0.05, 0) is 54.4 Å².